The molecule has 0 aliphatic heterocycles. The monoisotopic (exact) mass is 698 g/mol. The van der Waals surface area contributed by atoms with Gasteiger partial charge in [-0.1, -0.05) is 43.7 Å². The van der Waals surface area contributed by atoms with E-state index in [1.54, 1.807) is 37.5 Å². The molecular formula is C34H34F2N2Na2O7S. The van der Waals surface area contributed by atoms with Crippen LogP contribution >= 0.6 is 0 Å². The number of rotatable bonds is 13. The zero-order chi connectivity index (χ0) is 33.8. The van der Waals surface area contributed by atoms with Crippen molar-refractivity contribution in [3.05, 3.63) is 106 Å². The first kappa shape index (κ1) is 41.8. The average molecular weight is 699 g/mol. The van der Waals surface area contributed by atoms with Gasteiger partial charge in [0, 0.05) is 35.8 Å². The first-order chi connectivity index (χ1) is 21.7. The molecule has 4 aromatic rings. The molecule has 0 aliphatic rings. The molecule has 9 nitrogen and oxygen atoms in total. The van der Waals surface area contributed by atoms with Crippen molar-refractivity contribution in [3.63, 3.8) is 0 Å². The summed E-state index contributed by atoms with van der Waals surface area (Å²) in [5.41, 5.74) is 2.49. The fourth-order valence-corrected chi connectivity index (χ4v) is 6.29. The van der Waals surface area contributed by atoms with Crippen molar-refractivity contribution in [1.82, 2.24) is 4.57 Å². The van der Waals surface area contributed by atoms with Gasteiger partial charge < -0.3 is 34.2 Å². The summed E-state index contributed by atoms with van der Waals surface area (Å²) in [4.78, 5) is 24.8. The van der Waals surface area contributed by atoms with Crippen LogP contribution in [0.3, 0.4) is 0 Å². The van der Waals surface area contributed by atoms with Crippen LogP contribution in [0.1, 0.15) is 60.6 Å². The number of benzene rings is 3. The number of carbonyl (C=O) groups excluding carboxylic acids is 2. The van der Waals surface area contributed by atoms with Crippen molar-refractivity contribution in [2.24, 2.45) is 0 Å². The first-order valence-electron chi connectivity index (χ1n) is 14.6. The van der Waals surface area contributed by atoms with E-state index in [9.17, 15) is 42.1 Å². The molecule has 0 saturated heterocycles. The Bertz CT molecular complexity index is 1810. The SMILES string of the molecule is Cc1ccc(S(=O)(=O)[N-]C(=O)c2c(-c3ccc(F)cc3)c(-c3ccc(F)cc3)n(CC[C@@H](O)C[C@@H](O)CC(=O)[O-])c2C(C)C)cc1.[Na+].[Na+]. The van der Waals surface area contributed by atoms with E-state index in [4.69, 9.17) is 0 Å². The minimum atomic E-state index is -4.46. The third-order valence-electron chi connectivity index (χ3n) is 7.47. The summed E-state index contributed by atoms with van der Waals surface area (Å²) >= 11 is 0. The standard InChI is InChI=1S/C34H36F2N2O7S.2Na/c1-20(2)32-31(34(43)37-46(44,45)28-14-4-21(3)5-15-28)30(22-6-10-24(35)11-7-22)33(23-8-12-25(36)13-9-23)38(32)17-16-26(39)18-27(40)19-29(41)42;;/h4-15,20,26-27,39-40H,16-19H2,1-3H3,(H2,37,41,42,43);;/q;2*+1/p-2/t26-,27-;;/m1../s1. The minimum Gasteiger partial charge on any atom is -0.550 e. The quantitative estimate of drug-likeness (QED) is 0.172. The Morgan fingerprint density at radius 3 is 1.88 bits per heavy atom. The van der Waals surface area contributed by atoms with E-state index in [0.29, 0.717) is 22.5 Å². The number of aromatic nitrogens is 1. The third-order valence-corrected chi connectivity index (χ3v) is 8.74. The van der Waals surface area contributed by atoms with E-state index in [2.05, 4.69) is 4.72 Å². The molecule has 0 aliphatic carbocycles. The van der Waals surface area contributed by atoms with Crippen molar-refractivity contribution in [2.45, 2.75) is 69.6 Å². The van der Waals surface area contributed by atoms with Crippen LogP contribution in [0.4, 0.5) is 8.78 Å². The van der Waals surface area contributed by atoms with E-state index in [0.717, 1.165) is 5.56 Å². The molecule has 2 N–H and O–H groups in total. The Kier molecular flexibility index (Phi) is 15.7. The molecule has 2 atom stereocenters. The van der Waals surface area contributed by atoms with Gasteiger partial charge >= 0.3 is 59.1 Å². The molecule has 0 fully saturated rings. The van der Waals surface area contributed by atoms with Gasteiger partial charge in [-0.25, -0.2) is 17.2 Å². The number of carboxylic acid groups (broad SMARTS) is 1. The van der Waals surface area contributed by atoms with Crippen LogP contribution < -0.4 is 64.2 Å². The van der Waals surface area contributed by atoms with Crippen molar-refractivity contribution >= 4 is 21.9 Å². The van der Waals surface area contributed by atoms with Crippen molar-refractivity contribution < 1.29 is 101 Å². The molecule has 0 bridgehead atoms. The average Bonchev–Trinajstić information content (AvgIpc) is 3.32. The molecule has 1 aromatic heterocycles. The maximum atomic E-state index is 14.1. The van der Waals surface area contributed by atoms with Gasteiger partial charge in [0.25, 0.3) is 0 Å². The Hall–Kier alpha value is -2.39. The number of sulfonamides is 1. The third kappa shape index (κ3) is 10.3. The van der Waals surface area contributed by atoms with Crippen molar-refractivity contribution in [1.29, 1.82) is 0 Å². The molecule has 14 heteroatoms. The summed E-state index contributed by atoms with van der Waals surface area (Å²) in [7, 11) is -4.46. The molecule has 0 unspecified atom stereocenters. The molecule has 48 heavy (non-hydrogen) atoms. The van der Waals surface area contributed by atoms with Crippen LogP contribution in [0.5, 0.6) is 0 Å². The summed E-state index contributed by atoms with van der Waals surface area (Å²) in [5, 5.41) is 31.6. The smallest absolute Gasteiger partial charge is 0.550 e. The van der Waals surface area contributed by atoms with Crippen molar-refractivity contribution in [3.8, 4) is 22.4 Å². The molecular weight excluding hydrogens is 664 g/mol. The molecule has 1 heterocycles. The van der Waals surface area contributed by atoms with Gasteiger partial charge in [-0.2, -0.15) is 0 Å². The number of carbonyl (C=O) groups is 2. The van der Waals surface area contributed by atoms with Gasteiger partial charge in [0.1, 0.15) is 21.7 Å². The Labute approximate surface area is 323 Å². The summed E-state index contributed by atoms with van der Waals surface area (Å²) in [6, 6.07) is 16.5. The van der Waals surface area contributed by atoms with E-state index < -0.39 is 58.1 Å². The summed E-state index contributed by atoms with van der Waals surface area (Å²) < 4.78 is 60.1. The molecule has 1 amide bonds. The van der Waals surface area contributed by atoms with Gasteiger partial charge in [0.2, 0.25) is 0 Å². The number of amides is 1. The molecule has 4 rings (SSSR count). The molecule has 0 radical (unpaired) electrons. The maximum absolute atomic E-state index is 14.1. The molecule has 244 valence electrons. The fraction of sp³-hybridized carbons (Fsp3) is 0.294. The van der Waals surface area contributed by atoms with Gasteiger partial charge in [0.05, 0.1) is 28.7 Å². The summed E-state index contributed by atoms with van der Waals surface area (Å²) in [5.74, 6) is -4.04. The number of aryl methyl sites for hydroxylation is 1. The van der Waals surface area contributed by atoms with Crippen LogP contribution in [-0.2, 0) is 21.4 Å². The van der Waals surface area contributed by atoms with E-state index in [1.165, 1.54) is 60.7 Å². The Morgan fingerprint density at radius 2 is 1.38 bits per heavy atom. The number of aliphatic hydroxyl groups is 2. The van der Waals surface area contributed by atoms with E-state index >= 15 is 0 Å². The van der Waals surface area contributed by atoms with Crippen LogP contribution in [0, 0.1) is 18.6 Å². The second kappa shape index (κ2) is 18.0. The summed E-state index contributed by atoms with van der Waals surface area (Å²) in [6.07, 6.45) is -3.47. The van der Waals surface area contributed by atoms with Gasteiger partial charge in [-0.3, -0.25) is 0 Å². The number of hydrogen-bond acceptors (Lipinski definition) is 7. The summed E-state index contributed by atoms with van der Waals surface area (Å²) in [6.45, 7) is 5.36. The molecule has 3 aromatic carbocycles. The van der Waals surface area contributed by atoms with Gasteiger partial charge in [0.15, 0.2) is 0 Å². The van der Waals surface area contributed by atoms with Gasteiger partial charge in [-0.15, -0.1) is 0 Å². The van der Waals surface area contributed by atoms with E-state index in [-0.39, 0.29) is 94.5 Å². The molecule has 0 spiro atoms. The topological polar surface area (TPSA) is 151 Å². The van der Waals surface area contributed by atoms with Crippen LogP contribution in [0.2, 0.25) is 0 Å². The number of aliphatic carboxylic acids is 1. The predicted molar refractivity (Wildman–Crippen MR) is 166 cm³/mol. The Balaban J connectivity index is 0.00000400. The number of aliphatic hydroxyl groups excluding tert-OH is 2. The van der Waals surface area contributed by atoms with Crippen LogP contribution in [0.15, 0.2) is 77.7 Å². The maximum Gasteiger partial charge on any atom is 1.00 e. The zero-order valence-electron chi connectivity index (χ0n) is 27.5. The number of carboxylic acids is 1. The van der Waals surface area contributed by atoms with Crippen LogP contribution in [-0.4, -0.2) is 47.3 Å². The van der Waals surface area contributed by atoms with E-state index in [1.807, 2.05) is 0 Å². The second-order valence-corrected chi connectivity index (χ2v) is 13.0. The first-order valence-corrected chi connectivity index (χ1v) is 16.0. The number of hydrogen-bond donors (Lipinski definition) is 2. The minimum absolute atomic E-state index is 0. The normalized spacial score (nSPS) is 12.5. The van der Waals surface area contributed by atoms with Crippen molar-refractivity contribution in [2.75, 3.05) is 0 Å². The fourth-order valence-electron chi connectivity index (χ4n) is 5.39. The Morgan fingerprint density at radius 1 is 0.854 bits per heavy atom. The molecule has 0 saturated carbocycles. The predicted octanol–water partition coefficient (Wildman–Crippen LogP) is -0.915. The second-order valence-electron chi connectivity index (χ2n) is 11.4. The zero-order valence-corrected chi connectivity index (χ0v) is 32.3. The number of halogens is 2. The van der Waals surface area contributed by atoms with Gasteiger partial charge in [-0.05, 0) is 85.3 Å². The number of nitrogens with zero attached hydrogens (tertiary/aromatic N) is 2. The largest absolute Gasteiger partial charge is 1.00 e. The van der Waals surface area contributed by atoms with Crippen LogP contribution in [0.25, 0.3) is 27.1 Å².